The van der Waals surface area contributed by atoms with Crippen molar-refractivity contribution in [2.75, 3.05) is 19.0 Å². The average molecular weight is 229 g/mol. The molecule has 4 heteroatoms. The summed E-state index contributed by atoms with van der Waals surface area (Å²) in [6.45, 7) is 0.837. The first kappa shape index (κ1) is 11.4. The van der Waals surface area contributed by atoms with Gasteiger partial charge in [0.25, 0.3) is 0 Å². The van der Waals surface area contributed by atoms with Crippen molar-refractivity contribution in [3.63, 3.8) is 0 Å². The summed E-state index contributed by atoms with van der Waals surface area (Å²) < 4.78 is 5.06. The fourth-order valence-electron chi connectivity index (χ4n) is 1.51. The van der Waals surface area contributed by atoms with Crippen LogP contribution in [0.15, 0.2) is 42.7 Å². The van der Waals surface area contributed by atoms with E-state index in [1.165, 1.54) is 5.56 Å². The Balaban J connectivity index is 1.86. The van der Waals surface area contributed by atoms with E-state index in [0.29, 0.717) is 5.88 Å². The van der Waals surface area contributed by atoms with Gasteiger partial charge in [-0.3, -0.25) is 4.98 Å². The van der Waals surface area contributed by atoms with Gasteiger partial charge in [0.05, 0.1) is 7.11 Å². The number of nitrogens with one attached hydrogen (secondary N) is 1. The number of methoxy groups -OCH3 is 1. The van der Waals surface area contributed by atoms with Crippen molar-refractivity contribution in [1.82, 2.24) is 9.97 Å². The Kier molecular flexibility index (Phi) is 3.91. The quantitative estimate of drug-likeness (QED) is 0.853. The molecule has 2 aromatic heterocycles. The smallest absolute Gasteiger partial charge is 0.214 e. The lowest BCUT2D eigenvalue weighted by Crippen LogP contribution is -2.06. The lowest BCUT2D eigenvalue weighted by Gasteiger charge is -2.06. The summed E-state index contributed by atoms with van der Waals surface area (Å²) >= 11 is 0. The molecule has 4 nitrogen and oxygen atoms in total. The van der Waals surface area contributed by atoms with Crippen LogP contribution in [-0.4, -0.2) is 23.6 Å². The molecular formula is C13H15N3O. The third-order valence-electron chi connectivity index (χ3n) is 2.40. The summed E-state index contributed by atoms with van der Waals surface area (Å²) in [6.07, 6.45) is 4.56. The van der Waals surface area contributed by atoms with Gasteiger partial charge in [0.15, 0.2) is 0 Å². The van der Waals surface area contributed by atoms with Gasteiger partial charge in [0.2, 0.25) is 5.88 Å². The first-order valence-corrected chi connectivity index (χ1v) is 5.52. The van der Waals surface area contributed by atoms with Crippen molar-refractivity contribution in [1.29, 1.82) is 0 Å². The number of anilines is 1. The highest BCUT2D eigenvalue weighted by Crippen LogP contribution is 2.10. The highest BCUT2D eigenvalue weighted by Gasteiger charge is 1.97. The minimum absolute atomic E-state index is 0.624. The molecule has 0 aliphatic carbocycles. The molecule has 0 unspecified atom stereocenters. The van der Waals surface area contributed by atoms with Crippen LogP contribution >= 0.6 is 0 Å². The van der Waals surface area contributed by atoms with Crippen LogP contribution in [0.5, 0.6) is 5.88 Å². The Bertz CT molecular complexity index is 459. The second-order valence-corrected chi connectivity index (χ2v) is 3.60. The molecule has 0 aliphatic heterocycles. The topological polar surface area (TPSA) is 47.0 Å². The van der Waals surface area contributed by atoms with Crippen LogP contribution in [0.4, 0.5) is 5.82 Å². The number of rotatable bonds is 5. The predicted molar refractivity (Wildman–Crippen MR) is 67.2 cm³/mol. The Morgan fingerprint density at radius 1 is 1.18 bits per heavy atom. The largest absolute Gasteiger partial charge is 0.481 e. The zero-order chi connectivity index (χ0) is 11.9. The molecule has 2 aromatic rings. The molecule has 1 N–H and O–H groups in total. The first-order valence-electron chi connectivity index (χ1n) is 5.52. The van der Waals surface area contributed by atoms with Crippen molar-refractivity contribution >= 4 is 5.82 Å². The fourth-order valence-corrected chi connectivity index (χ4v) is 1.51. The van der Waals surface area contributed by atoms with Gasteiger partial charge < -0.3 is 10.1 Å². The van der Waals surface area contributed by atoms with Gasteiger partial charge in [-0.25, -0.2) is 0 Å². The Hall–Kier alpha value is -2.10. The van der Waals surface area contributed by atoms with Crippen molar-refractivity contribution in [3.05, 3.63) is 48.3 Å². The third-order valence-corrected chi connectivity index (χ3v) is 2.40. The highest BCUT2D eigenvalue weighted by molar-refractivity contribution is 5.37. The van der Waals surface area contributed by atoms with Crippen molar-refractivity contribution in [3.8, 4) is 5.88 Å². The summed E-state index contributed by atoms with van der Waals surface area (Å²) in [7, 11) is 1.61. The van der Waals surface area contributed by atoms with E-state index in [4.69, 9.17) is 4.74 Å². The van der Waals surface area contributed by atoms with Crippen LogP contribution in [0.1, 0.15) is 5.56 Å². The second kappa shape index (κ2) is 5.84. The van der Waals surface area contributed by atoms with E-state index in [-0.39, 0.29) is 0 Å². The lowest BCUT2D eigenvalue weighted by atomic mass is 10.2. The molecule has 17 heavy (non-hydrogen) atoms. The fraction of sp³-hybridized carbons (Fsp3) is 0.231. The third kappa shape index (κ3) is 3.45. The minimum atomic E-state index is 0.624. The number of hydrogen-bond acceptors (Lipinski definition) is 4. The van der Waals surface area contributed by atoms with Gasteiger partial charge in [-0.1, -0.05) is 6.07 Å². The normalized spacial score (nSPS) is 9.94. The molecule has 0 fully saturated rings. The first-order chi connectivity index (χ1) is 8.38. The number of hydrogen-bond donors (Lipinski definition) is 1. The Morgan fingerprint density at radius 3 is 2.76 bits per heavy atom. The van der Waals surface area contributed by atoms with Gasteiger partial charge >= 0.3 is 0 Å². The maximum atomic E-state index is 5.06. The second-order valence-electron chi connectivity index (χ2n) is 3.60. The highest BCUT2D eigenvalue weighted by atomic mass is 16.5. The Morgan fingerprint density at radius 2 is 2.00 bits per heavy atom. The molecular weight excluding hydrogens is 214 g/mol. The van der Waals surface area contributed by atoms with Crippen molar-refractivity contribution in [2.24, 2.45) is 0 Å². The van der Waals surface area contributed by atoms with E-state index in [1.807, 2.05) is 30.3 Å². The molecule has 0 atom stereocenters. The van der Waals surface area contributed by atoms with E-state index < -0.39 is 0 Å². The molecule has 0 amide bonds. The summed E-state index contributed by atoms with van der Waals surface area (Å²) in [6, 6.07) is 9.70. The molecule has 0 aromatic carbocycles. The van der Waals surface area contributed by atoms with Crippen LogP contribution in [0.25, 0.3) is 0 Å². The summed E-state index contributed by atoms with van der Waals surface area (Å²) in [5.74, 6) is 1.46. The van der Waals surface area contributed by atoms with Gasteiger partial charge in [-0.05, 0) is 30.2 Å². The summed E-state index contributed by atoms with van der Waals surface area (Å²) in [5, 5.41) is 3.26. The molecule has 0 saturated carbocycles. The van der Waals surface area contributed by atoms with Crippen LogP contribution < -0.4 is 10.1 Å². The summed E-state index contributed by atoms with van der Waals surface area (Å²) in [4.78, 5) is 8.26. The van der Waals surface area contributed by atoms with Gasteiger partial charge in [0, 0.05) is 25.0 Å². The zero-order valence-corrected chi connectivity index (χ0v) is 9.76. The maximum Gasteiger partial charge on any atom is 0.214 e. The van der Waals surface area contributed by atoms with Crippen LogP contribution in [0.2, 0.25) is 0 Å². The Labute approximate surface area is 101 Å². The molecule has 0 bridgehead atoms. The molecule has 0 spiro atoms. The number of pyridine rings is 2. The van der Waals surface area contributed by atoms with Gasteiger partial charge in [-0.15, -0.1) is 0 Å². The summed E-state index contributed by atoms with van der Waals surface area (Å²) in [5.41, 5.74) is 1.26. The predicted octanol–water partition coefficient (Wildman–Crippen LogP) is 2.14. The van der Waals surface area contributed by atoms with E-state index in [9.17, 15) is 0 Å². The standard InChI is InChI=1S/C13H15N3O/c1-17-13-4-2-3-12(16-13)15-10-7-11-5-8-14-9-6-11/h2-6,8-9H,7,10H2,1H3,(H,15,16). The average Bonchev–Trinajstić information content (AvgIpc) is 2.40. The van der Waals surface area contributed by atoms with Crippen LogP contribution in [0, 0.1) is 0 Å². The van der Waals surface area contributed by atoms with Crippen LogP contribution in [0.3, 0.4) is 0 Å². The van der Waals surface area contributed by atoms with Gasteiger partial charge in [0.1, 0.15) is 5.82 Å². The molecule has 0 saturated heterocycles. The molecule has 0 aliphatic rings. The molecule has 0 radical (unpaired) electrons. The maximum absolute atomic E-state index is 5.06. The number of ether oxygens (including phenoxy) is 1. The zero-order valence-electron chi connectivity index (χ0n) is 9.76. The number of aromatic nitrogens is 2. The van der Waals surface area contributed by atoms with Crippen molar-refractivity contribution < 1.29 is 4.74 Å². The van der Waals surface area contributed by atoms with E-state index in [1.54, 1.807) is 19.5 Å². The lowest BCUT2D eigenvalue weighted by molar-refractivity contribution is 0.398. The minimum Gasteiger partial charge on any atom is -0.481 e. The molecule has 88 valence electrons. The van der Waals surface area contributed by atoms with E-state index >= 15 is 0 Å². The SMILES string of the molecule is COc1cccc(NCCc2ccncc2)n1. The van der Waals surface area contributed by atoms with Crippen molar-refractivity contribution in [2.45, 2.75) is 6.42 Å². The van der Waals surface area contributed by atoms with E-state index in [0.717, 1.165) is 18.8 Å². The van der Waals surface area contributed by atoms with Crippen LogP contribution in [-0.2, 0) is 6.42 Å². The van der Waals surface area contributed by atoms with E-state index in [2.05, 4.69) is 15.3 Å². The number of nitrogens with zero attached hydrogens (tertiary/aromatic N) is 2. The molecule has 2 heterocycles. The van der Waals surface area contributed by atoms with Gasteiger partial charge in [-0.2, -0.15) is 4.98 Å². The molecule has 2 rings (SSSR count). The monoisotopic (exact) mass is 229 g/mol.